The maximum absolute atomic E-state index is 6.00. The van der Waals surface area contributed by atoms with Gasteiger partial charge in [-0.15, -0.1) is 35.3 Å². The monoisotopic (exact) mass is 429 g/mol. The molecule has 3 rings (SSSR count). The first kappa shape index (κ1) is 17.1. The second-order valence-electron chi connectivity index (χ2n) is 4.97. The Morgan fingerprint density at radius 2 is 2.18 bits per heavy atom. The summed E-state index contributed by atoms with van der Waals surface area (Å²) in [5, 5.41) is 5.39. The van der Waals surface area contributed by atoms with Gasteiger partial charge in [-0.05, 0) is 17.5 Å². The molecule has 1 aliphatic rings. The van der Waals surface area contributed by atoms with Gasteiger partial charge in [0, 0.05) is 29.8 Å². The standard InChI is InChI=1S/C16H19N3OS.HI/c17-16(18-9-7-12-4-3-11-21-12)19-14-8-10-20-15-6-2-1-5-13(14)15;/h1-6,11,14H,7-10H2,(H3,17,18,19);1H. The summed E-state index contributed by atoms with van der Waals surface area (Å²) in [6.07, 6.45) is 1.84. The highest BCUT2D eigenvalue weighted by molar-refractivity contribution is 14.0. The number of fused-ring (bicyclic) bond motifs is 1. The van der Waals surface area contributed by atoms with Crippen LogP contribution in [-0.4, -0.2) is 19.1 Å². The van der Waals surface area contributed by atoms with Crippen LogP contribution in [0.1, 0.15) is 22.9 Å². The zero-order valence-electron chi connectivity index (χ0n) is 12.2. The highest BCUT2D eigenvalue weighted by atomic mass is 127. The molecule has 1 unspecified atom stereocenters. The molecule has 0 amide bonds. The minimum Gasteiger partial charge on any atom is -0.493 e. The summed E-state index contributed by atoms with van der Waals surface area (Å²) in [6, 6.07) is 12.4. The van der Waals surface area contributed by atoms with E-state index in [-0.39, 0.29) is 30.0 Å². The van der Waals surface area contributed by atoms with E-state index in [2.05, 4.69) is 33.9 Å². The van der Waals surface area contributed by atoms with Crippen LogP contribution in [0.25, 0.3) is 0 Å². The Morgan fingerprint density at radius 3 is 3.00 bits per heavy atom. The van der Waals surface area contributed by atoms with Gasteiger partial charge in [0.2, 0.25) is 0 Å². The SMILES string of the molecule is I.NC(=NCCc1cccs1)NC1CCOc2ccccc21. The highest BCUT2D eigenvalue weighted by Gasteiger charge is 2.20. The van der Waals surface area contributed by atoms with E-state index in [9.17, 15) is 0 Å². The number of nitrogens with zero attached hydrogens (tertiary/aromatic N) is 1. The largest absolute Gasteiger partial charge is 0.493 e. The molecule has 1 atom stereocenters. The summed E-state index contributed by atoms with van der Waals surface area (Å²) in [6.45, 7) is 1.42. The van der Waals surface area contributed by atoms with E-state index in [0.717, 1.165) is 24.2 Å². The van der Waals surface area contributed by atoms with Crippen molar-refractivity contribution in [1.82, 2.24) is 5.32 Å². The fourth-order valence-corrected chi connectivity index (χ4v) is 3.16. The molecule has 1 aromatic carbocycles. The number of nitrogens with two attached hydrogens (primary N) is 1. The van der Waals surface area contributed by atoms with Crippen LogP contribution in [0.2, 0.25) is 0 Å². The molecule has 1 aromatic heterocycles. The molecule has 2 heterocycles. The first-order chi connectivity index (χ1) is 10.3. The van der Waals surface area contributed by atoms with E-state index < -0.39 is 0 Å². The number of aliphatic imine (C=N–C) groups is 1. The Balaban J connectivity index is 0.00000176. The van der Waals surface area contributed by atoms with Gasteiger partial charge in [0.15, 0.2) is 5.96 Å². The minimum absolute atomic E-state index is 0. The topological polar surface area (TPSA) is 59.6 Å². The Kier molecular flexibility index (Phi) is 6.50. The quantitative estimate of drug-likeness (QED) is 0.445. The van der Waals surface area contributed by atoms with Crippen molar-refractivity contribution in [2.75, 3.05) is 13.2 Å². The average Bonchev–Trinajstić information content (AvgIpc) is 3.01. The van der Waals surface area contributed by atoms with Crippen molar-refractivity contribution in [2.24, 2.45) is 10.7 Å². The molecule has 4 nitrogen and oxygen atoms in total. The molecule has 22 heavy (non-hydrogen) atoms. The van der Waals surface area contributed by atoms with Gasteiger partial charge in [-0.3, -0.25) is 4.99 Å². The molecule has 0 spiro atoms. The van der Waals surface area contributed by atoms with E-state index in [1.54, 1.807) is 11.3 Å². The average molecular weight is 429 g/mol. The van der Waals surface area contributed by atoms with Crippen molar-refractivity contribution < 1.29 is 4.74 Å². The fourth-order valence-electron chi connectivity index (χ4n) is 2.46. The lowest BCUT2D eigenvalue weighted by atomic mass is 10.0. The number of guanidine groups is 1. The first-order valence-electron chi connectivity index (χ1n) is 7.13. The van der Waals surface area contributed by atoms with Crippen molar-refractivity contribution in [1.29, 1.82) is 0 Å². The number of hydrogen-bond acceptors (Lipinski definition) is 3. The summed E-state index contributed by atoms with van der Waals surface area (Å²) >= 11 is 1.75. The smallest absolute Gasteiger partial charge is 0.189 e. The summed E-state index contributed by atoms with van der Waals surface area (Å²) in [5.74, 6) is 1.45. The summed E-state index contributed by atoms with van der Waals surface area (Å²) in [4.78, 5) is 5.75. The van der Waals surface area contributed by atoms with E-state index >= 15 is 0 Å². The van der Waals surface area contributed by atoms with Gasteiger partial charge in [0.05, 0.1) is 12.6 Å². The fraction of sp³-hybridized carbons (Fsp3) is 0.312. The Morgan fingerprint density at radius 1 is 1.32 bits per heavy atom. The van der Waals surface area contributed by atoms with Crippen LogP contribution in [0, 0.1) is 0 Å². The molecule has 0 radical (unpaired) electrons. The van der Waals surface area contributed by atoms with E-state index in [1.165, 1.54) is 4.88 Å². The molecule has 118 valence electrons. The normalized spacial score (nSPS) is 17.1. The van der Waals surface area contributed by atoms with E-state index in [1.807, 2.05) is 18.2 Å². The third-order valence-corrected chi connectivity index (χ3v) is 4.44. The van der Waals surface area contributed by atoms with E-state index in [4.69, 9.17) is 10.5 Å². The predicted octanol–water partition coefficient (Wildman–Crippen LogP) is 3.34. The summed E-state index contributed by atoms with van der Waals surface area (Å²) in [5.41, 5.74) is 7.16. The minimum atomic E-state index is 0. The van der Waals surface area contributed by atoms with Crippen LogP contribution in [-0.2, 0) is 6.42 Å². The number of halogens is 1. The Hall–Kier alpha value is -1.28. The number of benzene rings is 1. The van der Waals surface area contributed by atoms with Crippen LogP contribution in [0.4, 0.5) is 0 Å². The summed E-state index contributed by atoms with van der Waals surface area (Å²) in [7, 11) is 0. The van der Waals surface area contributed by atoms with Crippen LogP contribution in [0.5, 0.6) is 5.75 Å². The molecule has 0 bridgehead atoms. The maximum atomic E-state index is 6.00. The lowest BCUT2D eigenvalue weighted by molar-refractivity contribution is 0.262. The maximum Gasteiger partial charge on any atom is 0.189 e. The molecular formula is C16H20IN3OS. The number of thiophene rings is 1. The second-order valence-corrected chi connectivity index (χ2v) is 6.00. The van der Waals surface area contributed by atoms with Crippen molar-refractivity contribution in [3.8, 4) is 5.75 Å². The third kappa shape index (κ3) is 4.36. The van der Waals surface area contributed by atoms with Gasteiger partial charge < -0.3 is 15.8 Å². The van der Waals surface area contributed by atoms with Gasteiger partial charge in [-0.1, -0.05) is 24.3 Å². The van der Waals surface area contributed by atoms with Crippen molar-refractivity contribution in [3.05, 3.63) is 52.2 Å². The zero-order valence-corrected chi connectivity index (χ0v) is 15.3. The number of hydrogen-bond donors (Lipinski definition) is 2. The Bertz CT molecular complexity index is 616. The van der Waals surface area contributed by atoms with Crippen molar-refractivity contribution in [3.63, 3.8) is 0 Å². The lowest BCUT2D eigenvalue weighted by Crippen LogP contribution is -2.37. The molecule has 0 aliphatic carbocycles. The number of para-hydroxylation sites is 1. The third-order valence-electron chi connectivity index (χ3n) is 3.50. The highest BCUT2D eigenvalue weighted by Crippen LogP contribution is 2.31. The van der Waals surface area contributed by atoms with Crippen LogP contribution in [0.3, 0.4) is 0 Å². The molecule has 3 N–H and O–H groups in total. The Labute approximate surface area is 151 Å². The van der Waals surface area contributed by atoms with Gasteiger partial charge in [-0.2, -0.15) is 0 Å². The number of rotatable bonds is 4. The number of ether oxygens (including phenoxy) is 1. The molecule has 1 aliphatic heterocycles. The molecule has 0 saturated heterocycles. The van der Waals surface area contributed by atoms with Crippen molar-refractivity contribution >= 4 is 41.3 Å². The molecule has 0 saturated carbocycles. The zero-order chi connectivity index (χ0) is 14.5. The van der Waals surface area contributed by atoms with E-state index in [0.29, 0.717) is 19.1 Å². The second kappa shape index (κ2) is 8.38. The molecule has 6 heteroatoms. The molecule has 0 fully saturated rings. The van der Waals surface area contributed by atoms with Gasteiger partial charge in [-0.25, -0.2) is 0 Å². The first-order valence-corrected chi connectivity index (χ1v) is 8.01. The number of nitrogens with one attached hydrogen (secondary N) is 1. The van der Waals surface area contributed by atoms with Crippen LogP contribution in [0.15, 0.2) is 46.8 Å². The predicted molar refractivity (Wildman–Crippen MR) is 102 cm³/mol. The molecular weight excluding hydrogens is 409 g/mol. The van der Waals surface area contributed by atoms with Gasteiger partial charge in [0.25, 0.3) is 0 Å². The van der Waals surface area contributed by atoms with Gasteiger partial charge >= 0.3 is 0 Å². The van der Waals surface area contributed by atoms with Crippen molar-refractivity contribution in [2.45, 2.75) is 18.9 Å². The lowest BCUT2D eigenvalue weighted by Gasteiger charge is -2.26. The van der Waals surface area contributed by atoms with Crippen LogP contribution >= 0.6 is 35.3 Å². The van der Waals surface area contributed by atoms with Gasteiger partial charge in [0.1, 0.15) is 5.75 Å². The van der Waals surface area contributed by atoms with Crippen LogP contribution < -0.4 is 15.8 Å². The molecule has 2 aromatic rings. The summed E-state index contributed by atoms with van der Waals surface area (Å²) < 4.78 is 5.65.